The van der Waals surface area contributed by atoms with Crippen LogP contribution in [0.25, 0.3) is 5.78 Å². The number of aromatic nitrogens is 4. The highest BCUT2D eigenvalue weighted by molar-refractivity contribution is 5.99. The summed E-state index contributed by atoms with van der Waals surface area (Å²) in [5.41, 5.74) is 7.75. The Morgan fingerprint density at radius 2 is 2.00 bits per heavy atom. The number of nitrogens with zero attached hydrogens (tertiary/aromatic N) is 4. The topological polar surface area (TPSA) is 115 Å². The van der Waals surface area contributed by atoms with Crippen molar-refractivity contribution in [3.05, 3.63) is 58.9 Å². The number of rotatable bonds is 7. The molecule has 1 fully saturated rings. The van der Waals surface area contributed by atoms with Gasteiger partial charge >= 0.3 is 0 Å². The minimum Gasteiger partial charge on any atom is -0.350 e. The van der Waals surface area contributed by atoms with Gasteiger partial charge in [0.15, 0.2) is 5.78 Å². The number of fused-ring (bicyclic) bond motifs is 1. The number of carbonyl (C=O) groups excluding carboxylic acids is 2. The van der Waals surface area contributed by atoms with Gasteiger partial charge < -0.3 is 11.1 Å². The van der Waals surface area contributed by atoms with Crippen LogP contribution in [0.1, 0.15) is 64.2 Å². The molecule has 3 aromatic rings. The summed E-state index contributed by atoms with van der Waals surface area (Å²) in [7, 11) is 0. The maximum Gasteiger partial charge on any atom is 0.270 e. The van der Waals surface area contributed by atoms with Crippen LogP contribution in [0.4, 0.5) is 4.39 Å². The van der Waals surface area contributed by atoms with Gasteiger partial charge in [-0.3, -0.25) is 9.59 Å². The smallest absolute Gasteiger partial charge is 0.270 e. The lowest BCUT2D eigenvalue weighted by Crippen LogP contribution is -2.35. The molecule has 2 heterocycles. The number of hydrogen-bond acceptors (Lipinski definition) is 6. The summed E-state index contributed by atoms with van der Waals surface area (Å²) in [5.74, 6) is -0.214. The third kappa shape index (κ3) is 4.99. The minimum atomic E-state index is -0.319. The summed E-state index contributed by atoms with van der Waals surface area (Å²) < 4.78 is 14.8. The molecule has 9 heteroatoms. The summed E-state index contributed by atoms with van der Waals surface area (Å²) in [4.78, 5) is 34.0. The van der Waals surface area contributed by atoms with E-state index in [0.29, 0.717) is 24.4 Å². The first-order valence-electron chi connectivity index (χ1n) is 10.9. The van der Waals surface area contributed by atoms with Gasteiger partial charge in [0.1, 0.15) is 23.5 Å². The molecule has 1 saturated carbocycles. The quantitative estimate of drug-likeness (QED) is 0.548. The molecule has 3 N–H and O–H groups in total. The zero-order valence-corrected chi connectivity index (χ0v) is 18.1. The van der Waals surface area contributed by atoms with Gasteiger partial charge in [0.2, 0.25) is 0 Å². The molecule has 4 rings (SSSR count). The summed E-state index contributed by atoms with van der Waals surface area (Å²) >= 11 is 0. The van der Waals surface area contributed by atoms with Gasteiger partial charge in [-0.2, -0.15) is 14.6 Å². The predicted octanol–water partition coefficient (Wildman–Crippen LogP) is 2.63. The maximum absolute atomic E-state index is 13.5. The lowest BCUT2D eigenvalue weighted by atomic mass is 9.86. The highest BCUT2D eigenvalue weighted by Gasteiger charge is 2.22. The molecule has 0 aliphatic heterocycles. The van der Waals surface area contributed by atoms with E-state index in [2.05, 4.69) is 20.4 Å². The number of halogens is 1. The van der Waals surface area contributed by atoms with E-state index in [1.54, 1.807) is 19.1 Å². The van der Waals surface area contributed by atoms with Crippen LogP contribution in [0.2, 0.25) is 0 Å². The second-order valence-corrected chi connectivity index (χ2v) is 8.50. The second kappa shape index (κ2) is 9.52. The molecule has 168 valence electrons. The first-order chi connectivity index (χ1) is 15.4. The van der Waals surface area contributed by atoms with Crippen LogP contribution in [0.3, 0.4) is 0 Å². The summed E-state index contributed by atoms with van der Waals surface area (Å²) in [6, 6.07) is 6.52. The largest absolute Gasteiger partial charge is 0.350 e. The minimum absolute atomic E-state index is 0.165. The van der Waals surface area contributed by atoms with E-state index in [4.69, 9.17) is 5.73 Å². The zero-order chi connectivity index (χ0) is 22.7. The van der Waals surface area contributed by atoms with Crippen molar-refractivity contribution in [2.75, 3.05) is 6.54 Å². The maximum atomic E-state index is 13.5. The Labute approximate surface area is 185 Å². The fourth-order valence-electron chi connectivity index (χ4n) is 4.09. The summed E-state index contributed by atoms with van der Waals surface area (Å²) in [6.07, 6.45) is 5.85. The van der Waals surface area contributed by atoms with E-state index >= 15 is 0 Å². The number of Topliss-reactive ketones (excluding diaryl/α,β-unsaturated/α-hetero) is 1. The number of hydrogen-bond donors (Lipinski definition) is 2. The van der Waals surface area contributed by atoms with Crippen molar-refractivity contribution in [3.8, 4) is 0 Å². The molecule has 0 bridgehead atoms. The monoisotopic (exact) mass is 438 g/mol. The molecule has 32 heavy (non-hydrogen) atoms. The average Bonchev–Trinajstić information content (AvgIpc) is 3.27. The van der Waals surface area contributed by atoms with E-state index in [9.17, 15) is 14.0 Å². The van der Waals surface area contributed by atoms with Gasteiger partial charge in [-0.1, -0.05) is 12.1 Å². The first-order valence-corrected chi connectivity index (χ1v) is 10.9. The molecule has 1 aliphatic carbocycles. The van der Waals surface area contributed by atoms with Gasteiger partial charge in [0, 0.05) is 19.0 Å². The van der Waals surface area contributed by atoms with Gasteiger partial charge in [-0.05, 0) is 68.2 Å². The molecule has 0 radical (unpaired) electrons. The van der Waals surface area contributed by atoms with Crippen LogP contribution in [0, 0.1) is 18.7 Å². The van der Waals surface area contributed by atoms with Gasteiger partial charge in [0.05, 0.1) is 0 Å². The molecule has 1 aromatic carbocycles. The molecular weight excluding hydrogens is 411 g/mol. The molecule has 0 atom stereocenters. The van der Waals surface area contributed by atoms with Gasteiger partial charge in [0.25, 0.3) is 11.7 Å². The Morgan fingerprint density at radius 3 is 2.75 bits per heavy atom. The summed E-state index contributed by atoms with van der Waals surface area (Å²) in [5, 5.41) is 7.03. The normalized spacial score (nSPS) is 18.6. The van der Waals surface area contributed by atoms with E-state index in [1.807, 2.05) is 0 Å². The third-order valence-electron chi connectivity index (χ3n) is 6.08. The standard InChI is InChI=1S/C23H27FN6O2/c1-14-10-15(4-8-18(14)24)5-9-21(31)19-11-20(30-23(29-19)27-13-28-30)22(32)26-12-16-2-6-17(25)7-3-16/h4,8,10-11,13,16-17H,2-3,5-7,9,12,25H2,1H3,(H,26,32). The Morgan fingerprint density at radius 1 is 1.22 bits per heavy atom. The highest BCUT2D eigenvalue weighted by atomic mass is 19.1. The van der Waals surface area contributed by atoms with Crippen LogP contribution < -0.4 is 11.1 Å². The Bertz CT molecular complexity index is 1140. The molecule has 2 aromatic heterocycles. The second-order valence-electron chi connectivity index (χ2n) is 8.50. The van der Waals surface area contributed by atoms with Crippen molar-refractivity contribution in [1.82, 2.24) is 24.9 Å². The average molecular weight is 439 g/mol. The highest BCUT2D eigenvalue weighted by Crippen LogP contribution is 2.22. The first kappa shape index (κ1) is 22.0. The Kier molecular flexibility index (Phi) is 6.55. The molecule has 8 nitrogen and oxygen atoms in total. The fraction of sp³-hybridized carbons (Fsp3) is 0.435. The van der Waals surface area contributed by atoms with Crippen LogP contribution in [0.15, 0.2) is 30.6 Å². The molecular formula is C23H27FN6O2. The van der Waals surface area contributed by atoms with Crippen molar-refractivity contribution in [2.45, 2.75) is 51.5 Å². The van der Waals surface area contributed by atoms with Crippen molar-refractivity contribution in [3.63, 3.8) is 0 Å². The summed E-state index contributed by atoms with van der Waals surface area (Å²) in [6.45, 7) is 2.24. The molecule has 1 aliphatic rings. The number of nitrogens with two attached hydrogens (primary N) is 1. The van der Waals surface area contributed by atoms with Crippen molar-refractivity contribution in [1.29, 1.82) is 0 Å². The number of aryl methyl sites for hydroxylation is 2. The zero-order valence-electron chi connectivity index (χ0n) is 18.1. The van der Waals surface area contributed by atoms with E-state index < -0.39 is 0 Å². The van der Waals surface area contributed by atoms with Crippen molar-refractivity contribution in [2.24, 2.45) is 11.7 Å². The lowest BCUT2D eigenvalue weighted by Gasteiger charge is -2.26. The van der Waals surface area contributed by atoms with E-state index in [0.717, 1.165) is 31.2 Å². The molecule has 0 unspecified atom stereocenters. The molecule has 1 amide bonds. The van der Waals surface area contributed by atoms with Crippen LogP contribution in [-0.4, -0.2) is 43.9 Å². The third-order valence-corrected chi connectivity index (χ3v) is 6.08. The van der Waals surface area contributed by atoms with Gasteiger partial charge in [-0.15, -0.1) is 0 Å². The van der Waals surface area contributed by atoms with Crippen LogP contribution in [-0.2, 0) is 6.42 Å². The Hall–Kier alpha value is -3.20. The number of carbonyl (C=O) groups is 2. The molecule has 0 spiro atoms. The van der Waals surface area contributed by atoms with E-state index in [-0.39, 0.29) is 47.1 Å². The number of ketones is 1. The van der Waals surface area contributed by atoms with Gasteiger partial charge in [-0.25, -0.2) is 9.37 Å². The van der Waals surface area contributed by atoms with Crippen LogP contribution >= 0.6 is 0 Å². The Balaban J connectivity index is 1.46. The fourth-order valence-corrected chi connectivity index (χ4v) is 4.09. The number of amides is 1. The van der Waals surface area contributed by atoms with Crippen LogP contribution in [0.5, 0.6) is 0 Å². The lowest BCUT2D eigenvalue weighted by molar-refractivity contribution is 0.0935. The number of nitrogens with one attached hydrogen (secondary N) is 1. The SMILES string of the molecule is Cc1cc(CCC(=O)c2cc(C(=O)NCC3CCC(N)CC3)n3ncnc3n2)ccc1F. The number of benzene rings is 1. The van der Waals surface area contributed by atoms with E-state index in [1.165, 1.54) is 23.0 Å². The predicted molar refractivity (Wildman–Crippen MR) is 117 cm³/mol. The molecule has 0 saturated heterocycles. The van der Waals surface area contributed by atoms with Crippen molar-refractivity contribution < 1.29 is 14.0 Å². The van der Waals surface area contributed by atoms with Crippen molar-refractivity contribution >= 4 is 17.5 Å².